The fourth-order valence-electron chi connectivity index (χ4n) is 2.25. The van der Waals surface area contributed by atoms with E-state index in [0.29, 0.717) is 10.8 Å². The average Bonchev–Trinajstić information content (AvgIpc) is 3.20. The molecule has 0 saturated carbocycles. The summed E-state index contributed by atoms with van der Waals surface area (Å²) in [6.07, 6.45) is 5.42. The molecule has 1 aliphatic heterocycles. The van der Waals surface area contributed by atoms with Crippen LogP contribution in [0.25, 0.3) is 0 Å². The minimum Gasteiger partial charge on any atom is -0.342 e. The molecule has 1 saturated heterocycles. The van der Waals surface area contributed by atoms with E-state index < -0.39 is 5.91 Å². The first-order valence-electron chi connectivity index (χ1n) is 7.03. The molecular formula is C14H15N5O2S. The number of carbonyl (C=O) groups excluding carboxylic acids is 2. The molecule has 1 N–H and O–H groups in total. The molecule has 0 radical (unpaired) electrons. The van der Waals surface area contributed by atoms with E-state index in [1.54, 1.807) is 11.4 Å². The number of nitrogens with one attached hydrogen (secondary N) is 1. The second kappa shape index (κ2) is 6.61. The van der Waals surface area contributed by atoms with Crippen LogP contribution in [0, 0.1) is 0 Å². The first kappa shape index (κ1) is 14.6. The Balaban J connectivity index is 1.59. The van der Waals surface area contributed by atoms with Gasteiger partial charge in [-0.05, 0) is 18.9 Å². The maximum atomic E-state index is 12.1. The van der Waals surface area contributed by atoms with Gasteiger partial charge in [-0.15, -0.1) is 11.3 Å². The van der Waals surface area contributed by atoms with Crippen LogP contribution in [-0.2, 0) is 11.2 Å². The van der Waals surface area contributed by atoms with Gasteiger partial charge in [-0.25, -0.2) is 15.0 Å². The highest BCUT2D eigenvalue weighted by atomic mass is 32.1. The predicted molar refractivity (Wildman–Crippen MR) is 81.6 cm³/mol. The normalized spacial score (nSPS) is 14.1. The first-order valence-corrected chi connectivity index (χ1v) is 7.91. The van der Waals surface area contributed by atoms with Gasteiger partial charge in [0, 0.05) is 30.9 Å². The van der Waals surface area contributed by atoms with Crippen LogP contribution < -0.4 is 5.32 Å². The standard InChI is InChI=1S/C14H15N5O2S/c20-11(19-6-1-2-7-19)8-10-9-22-14(17-10)18-13(21)12-15-4-3-5-16-12/h3-5,9H,1-2,6-8H2,(H,17,18,21). The zero-order valence-corrected chi connectivity index (χ0v) is 12.7. The number of anilines is 1. The molecule has 2 aromatic heterocycles. The summed E-state index contributed by atoms with van der Waals surface area (Å²) in [4.78, 5) is 37.8. The number of nitrogens with zero attached hydrogens (tertiary/aromatic N) is 4. The topological polar surface area (TPSA) is 88.1 Å². The maximum absolute atomic E-state index is 12.1. The zero-order chi connectivity index (χ0) is 15.4. The summed E-state index contributed by atoms with van der Waals surface area (Å²) in [6, 6.07) is 1.64. The van der Waals surface area contributed by atoms with Crippen molar-refractivity contribution in [3.8, 4) is 0 Å². The molecule has 8 heteroatoms. The largest absolute Gasteiger partial charge is 0.342 e. The zero-order valence-electron chi connectivity index (χ0n) is 11.9. The van der Waals surface area contributed by atoms with Gasteiger partial charge < -0.3 is 4.90 Å². The molecule has 2 aromatic rings. The minimum atomic E-state index is -0.410. The number of aromatic nitrogens is 3. The van der Waals surface area contributed by atoms with E-state index in [1.807, 2.05) is 4.90 Å². The fraction of sp³-hybridized carbons (Fsp3) is 0.357. The highest BCUT2D eigenvalue weighted by molar-refractivity contribution is 7.14. The Morgan fingerprint density at radius 2 is 1.95 bits per heavy atom. The lowest BCUT2D eigenvalue weighted by molar-refractivity contribution is -0.129. The van der Waals surface area contributed by atoms with E-state index in [2.05, 4.69) is 20.3 Å². The number of thiazole rings is 1. The SMILES string of the molecule is O=C(Nc1nc(CC(=O)N2CCCC2)cs1)c1ncccn1. The van der Waals surface area contributed by atoms with E-state index in [9.17, 15) is 9.59 Å². The molecule has 22 heavy (non-hydrogen) atoms. The molecule has 3 rings (SSSR count). The van der Waals surface area contributed by atoms with Gasteiger partial charge in [0.05, 0.1) is 12.1 Å². The molecular weight excluding hydrogens is 302 g/mol. The third-order valence-corrected chi connectivity index (χ3v) is 4.14. The summed E-state index contributed by atoms with van der Waals surface area (Å²) >= 11 is 1.29. The lowest BCUT2D eigenvalue weighted by Crippen LogP contribution is -2.29. The monoisotopic (exact) mass is 317 g/mol. The van der Waals surface area contributed by atoms with Gasteiger partial charge in [0.2, 0.25) is 11.7 Å². The Bertz CT molecular complexity index is 667. The van der Waals surface area contributed by atoms with Crippen LogP contribution in [0.1, 0.15) is 29.2 Å². The summed E-state index contributed by atoms with van der Waals surface area (Å²) in [5.41, 5.74) is 0.672. The van der Waals surface area contributed by atoms with Crippen LogP contribution in [0.15, 0.2) is 23.8 Å². The molecule has 0 bridgehead atoms. The Morgan fingerprint density at radius 3 is 2.68 bits per heavy atom. The molecule has 3 heterocycles. The summed E-state index contributed by atoms with van der Waals surface area (Å²) < 4.78 is 0. The first-order chi connectivity index (χ1) is 10.7. The summed E-state index contributed by atoms with van der Waals surface area (Å²) in [6.45, 7) is 1.66. The number of hydrogen-bond donors (Lipinski definition) is 1. The quantitative estimate of drug-likeness (QED) is 0.919. The molecule has 2 amide bonds. The number of likely N-dealkylation sites (tertiary alicyclic amines) is 1. The lowest BCUT2D eigenvalue weighted by atomic mass is 10.3. The third kappa shape index (κ3) is 3.45. The fourth-order valence-corrected chi connectivity index (χ4v) is 2.95. The maximum Gasteiger partial charge on any atom is 0.295 e. The van der Waals surface area contributed by atoms with Crippen molar-refractivity contribution in [1.29, 1.82) is 0 Å². The molecule has 0 spiro atoms. The average molecular weight is 317 g/mol. The van der Waals surface area contributed by atoms with Crippen LogP contribution in [0.2, 0.25) is 0 Å². The van der Waals surface area contributed by atoms with Crippen LogP contribution in [0.4, 0.5) is 5.13 Å². The number of carbonyl (C=O) groups is 2. The van der Waals surface area contributed by atoms with E-state index in [-0.39, 0.29) is 18.2 Å². The van der Waals surface area contributed by atoms with Gasteiger partial charge in [-0.1, -0.05) is 0 Å². The smallest absolute Gasteiger partial charge is 0.295 e. The molecule has 0 aromatic carbocycles. The van der Waals surface area contributed by atoms with Crippen LogP contribution in [0.3, 0.4) is 0 Å². The van der Waals surface area contributed by atoms with Crippen molar-refractivity contribution in [3.05, 3.63) is 35.4 Å². The predicted octanol–water partition coefficient (Wildman–Crippen LogP) is 1.35. The van der Waals surface area contributed by atoms with Crippen molar-refractivity contribution in [3.63, 3.8) is 0 Å². The van der Waals surface area contributed by atoms with Crippen molar-refractivity contribution in [1.82, 2.24) is 19.9 Å². The number of amides is 2. The number of rotatable bonds is 4. The van der Waals surface area contributed by atoms with Crippen molar-refractivity contribution >= 4 is 28.3 Å². The molecule has 7 nitrogen and oxygen atoms in total. The minimum absolute atomic E-state index is 0.0899. The molecule has 0 aliphatic carbocycles. The van der Waals surface area contributed by atoms with E-state index in [1.165, 1.54) is 23.7 Å². The molecule has 0 atom stereocenters. The Hall–Kier alpha value is -2.35. The van der Waals surface area contributed by atoms with E-state index in [4.69, 9.17) is 0 Å². The Kier molecular flexibility index (Phi) is 4.38. The molecule has 1 aliphatic rings. The van der Waals surface area contributed by atoms with Crippen LogP contribution in [-0.4, -0.2) is 44.8 Å². The number of hydrogen-bond acceptors (Lipinski definition) is 6. The van der Waals surface area contributed by atoms with Gasteiger partial charge >= 0.3 is 0 Å². The van der Waals surface area contributed by atoms with Gasteiger partial charge in [-0.3, -0.25) is 14.9 Å². The third-order valence-electron chi connectivity index (χ3n) is 3.33. The van der Waals surface area contributed by atoms with Gasteiger partial charge in [-0.2, -0.15) is 0 Å². The van der Waals surface area contributed by atoms with Gasteiger partial charge in [0.1, 0.15) is 0 Å². The highest BCUT2D eigenvalue weighted by Gasteiger charge is 2.19. The molecule has 114 valence electrons. The molecule has 0 unspecified atom stereocenters. The Labute approximate surface area is 131 Å². The van der Waals surface area contributed by atoms with Crippen molar-refractivity contribution < 1.29 is 9.59 Å². The summed E-state index contributed by atoms with van der Waals surface area (Å²) in [7, 11) is 0. The second-order valence-corrected chi connectivity index (χ2v) is 5.79. The van der Waals surface area contributed by atoms with Crippen molar-refractivity contribution in [2.75, 3.05) is 18.4 Å². The van der Waals surface area contributed by atoms with E-state index >= 15 is 0 Å². The van der Waals surface area contributed by atoms with E-state index in [0.717, 1.165) is 25.9 Å². The summed E-state index contributed by atoms with van der Waals surface area (Å²) in [5, 5.41) is 4.87. The second-order valence-electron chi connectivity index (χ2n) is 4.94. The highest BCUT2D eigenvalue weighted by Crippen LogP contribution is 2.18. The molecule has 1 fully saturated rings. The Morgan fingerprint density at radius 1 is 1.23 bits per heavy atom. The van der Waals surface area contributed by atoms with Crippen LogP contribution in [0.5, 0.6) is 0 Å². The van der Waals surface area contributed by atoms with Gasteiger partial charge in [0.15, 0.2) is 5.13 Å². The van der Waals surface area contributed by atoms with Gasteiger partial charge in [0.25, 0.3) is 5.91 Å². The van der Waals surface area contributed by atoms with Crippen molar-refractivity contribution in [2.45, 2.75) is 19.3 Å². The lowest BCUT2D eigenvalue weighted by Gasteiger charge is -2.13. The summed E-state index contributed by atoms with van der Waals surface area (Å²) in [5.74, 6) is -0.230. The van der Waals surface area contributed by atoms with Crippen LogP contribution >= 0.6 is 11.3 Å². The van der Waals surface area contributed by atoms with Crippen molar-refractivity contribution in [2.24, 2.45) is 0 Å².